The van der Waals surface area contributed by atoms with Crippen molar-refractivity contribution in [3.8, 4) is 5.75 Å². The lowest BCUT2D eigenvalue weighted by molar-refractivity contribution is -0.145. The van der Waals surface area contributed by atoms with Crippen LogP contribution < -0.4 is 4.74 Å². The average molecular weight is 270 g/mol. The van der Waals surface area contributed by atoms with Crippen LogP contribution in [-0.2, 0) is 10.2 Å². The number of carboxylic acid groups (broad SMARTS) is 1. The average Bonchev–Trinajstić information content (AvgIpc) is 2.72. The summed E-state index contributed by atoms with van der Waals surface area (Å²) in [4.78, 5) is 11.6. The summed E-state index contributed by atoms with van der Waals surface area (Å²) in [6.45, 7) is -0.949. The molecule has 0 heterocycles. The highest BCUT2D eigenvalue weighted by Crippen LogP contribution is 2.46. The molecule has 3 nitrogen and oxygen atoms in total. The van der Waals surface area contributed by atoms with Crippen molar-refractivity contribution in [3.63, 3.8) is 0 Å². The number of hydrogen-bond donors (Lipinski definition) is 1. The van der Waals surface area contributed by atoms with Crippen LogP contribution in [0.5, 0.6) is 5.75 Å². The first-order valence-corrected chi connectivity index (χ1v) is 6.25. The second kappa shape index (κ2) is 5.15. The molecule has 0 amide bonds. The Morgan fingerprint density at radius 3 is 2.47 bits per heavy atom. The first kappa shape index (κ1) is 13.8. The van der Waals surface area contributed by atoms with Gasteiger partial charge in [-0.25, -0.2) is 0 Å². The van der Waals surface area contributed by atoms with E-state index in [2.05, 4.69) is 4.74 Å². The van der Waals surface area contributed by atoms with Gasteiger partial charge in [-0.3, -0.25) is 4.79 Å². The molecule has 0 radical (unpaired) electrons. The zero-order valence-electron chi connectivity index (χ0n) is 10.6. The summed E-state index contributed by atoms with van der Waals surface area (Å²) < 4.78 is 28.4. The number of rotatable bonds is 4. The number of carboxylic acids is 1. The summed E-state index contributed by atoms with van der Waals surface area (Å²) in [6.07, 6.45) is 2.31. The predicted molar refractivity (Wildman–Crippen MR) is 65.4 cm³/mol. The van der Waals surface area contributed by atoms with Crippen molar-refractivity contribution in [2.24, 2.45) is 5.92 Å². The highest BCUT2D eigenvalue weighted by molar-refractivity contribution is 5.82. The summed E-state index contributed by atoms with van der Waals surface area (Å²) >= 11 is 0. The topological polar surface area (TPSA) is 46.5 Å². The fourth-order valence-electron chi connectivity index (χ4n) is 2.98. The third-order valence-corrected chi connectivity index (χ3v) is 4.03. The maximum Gasteiger partial charge on any atom is 0.387 e. The van der Waals surface area contributed by atoms with Crippen molar-refractivity contribution in [1.29, 1.82) is 0 Å². The Labute approximate surface area is 110 Å². The molecule has 5 heteroatoms. The van der Waals surface area contributed by atoms with Crippen LogP contribution in [0.1, 0.15) is 31.7 Å². The van der Waals surface area contributed by atoms with E-state index in [0.717, 1.165) is 12.8 Å². The van der Waals surface area contributed by atoms with Gasteiger partial charge in [-0.1, -0.05) is 25.5 Å². The molecule has 0 saturated heterocycles. The molecule has 104 valence electrons. The number of alkyl halides is 2. The Hall–Kier alpha value is -1.65. The summed E-state index contributed by atoms with van der Waals surface area (Å²) in [5.41, 5.74) is -0.241. The van der Waals surface area contributed by atoms with E-state index in [-0.39, 0.29) is 11.7 Å². The van der Waals surface area contributed by atoms with Crippen molar-refractivity contribution in [2.75, 3.05) is 0 Å². The fraction of sp³-hybridized carbons (Fsp3) is 0.500. The zero-order valence-corrected chi connectivity index (χ0v) is 10.6. The Morgan fingerprint density at radius 1 is 1.42 bits per heavy atom. The van der Waals surface area contributed by atoms with Crippen LogP contribution in [0, 0.1) is 5.92 Å². The molecular weight excluding hydrogens is 254 g/mol. The minimum atomic E-state index is -2.87. The van der Waals surface area contributed by atoms with E-state index < -0.39 is 18.0 Å². The van der Waals surface area contributed by atoms with E-state index in [1.54, 1.807) is 12.1 Å². The number of ether oxygens (including phenoxy) is 1. The second-order valence-corrected chi connectivity index (χ2v) is 4.97. The molecule has 1 aliphatic carbocycles. The lowest BCUT2D eigenvalue weighted by atomic mass is 9.73. The predicted octanol–water partition coefficient (Wildman–Crippen LogP) is 3.43. The van der Waals surface area contributed by atoms with Gasteiger partial charge in [0, 0.05) is 0 Å². The van der Waals surface area contributed by atoms with Crippen LogP contribution >= 0.6 is 0 Å². The van der Waals surface area contributed by atoms with Crippen LogP contribution in [0.25, 0.3) is 0 Å². The van der Waals surface area contributed by atoms with Crippen molar-refractivity contribution >= 4 is 5.97 Å². The van der Waals surface area contributed by atoms with Gasteiger partial charge < -0.3 is 9.84 Å². The van der Waals surface area contributed by atoms with E-state index in [0.29, 0.717) is 12.0 Å². The lowest BCUT2D eigenvalue weighted by Crippen LogP contribution is -2.38. The van der Waals surface area contributed by atoms with Gasteiger partial charge in [0.05, 0.1) is 5.41 Å². The summed E-state index contributed by atoms with van der Waals surface area (Å²) in [5.74, 6) is -0.767. The Morgan fingerprint density at radius 2 is 2.05 bits per heavy atom. The van der Waals surface area contributed by atoms with Crippen molar-refractivity contribution in [1.82, 2.24) is 0 Å². The van der Waals surface area contributed by atoms with Gasteiger partial charge in [-0.05, 0) is 36.5 Å². The second-order valence-electron chi connectivity index (χ2n) is 4.97. The molecule has 0 aliphatic heterocycles. The standard InChI is InChI=1S/C14H16F2O3/c1-9-3-2-8-14(9,12(17)18)10-4-6-11(7-5-10)19-13(15)16/h4-7,9,13H,2-3,8H2,1H3,(H,17,18). The van der Waals surface area contributed by atoms with Gasteiger partial charge in [0.1, 0.15) is 5.75 Å². The van der Waals surface area contributed by atoms with Gasteiger partial charge >= 0.3 is 12.6 Å². The van der Waals surface area contributed by atoms with Gasteiger partial charge in [0.2, 0.25) is 0 Å². The maximum absolute atomic E-state index is 12.1. The highest BCUT2D eigenvalue weighted by atomic mass is 19.3. The number of hydrogen-bond acceptors (Lipinski definition) is 2. The third kappa shape index (κ3) is 2.41. The molecule has 1 saturated carbocycles. The van der Waals surface area contributed by atoms with Gasteiger partial charge in [0.15, 0.2) is 0 Å². The number of aliphatic carboxylic acids is 1. The Kier molecular flexibility index (Phi) is 3.73. The van der Waals surface area contributed by atoms with E-state index >= 15 is 0 Å². The largest absolute Gasteiger partial charge is 0.481 e. The highest BCUT2D eigenvalue weighted by Gasteiger charge is 2.48. The first-order valence-electron chi connectivity index (χ1n) is 6.25. The van der Waals surface area contributed by atoms with Gasteiger partial charge in [0.25, 0.3) is 0 Å². The van der Waals surface area contributed by atoms with Crippen LogP contribution in [0.3, 0.4) is 0 Å². The lowest BCUT2D eigenvalue weighted by Gasteiger charge is -2.29. The molecular formula is C14H16F2O3. The van der Waals surface area contributed by atoms with Crippen LogP contribution in [0.4, 0.5) is 8.78 Å². The normalized spacial score (nSPS) is 26.6. The van der Waals surface area contributed by atoms with E-state index in [4.69, 9.17) is 0 Å². The van der Waals surface area contributed by atoms with E-state index in [1.807, 2.05) is 6.92 Å². The van der Waals surface area contributed by atoms with Crippen LogP contribution in [0.15, 0.2) is 24.3 Å². The zero-order chi connectivity index (χ0) is 14.0. The summed E-state index contributed by atoms with van der Waals surface area (Å²) in [7, 11) is 0. The molecule has 1 N–H and O–H groups in total. The summed E-state index contributed by atoms with van der Waals surface area (Å²) in [5, 5.41) is 9.55. The minimum absolute atomic E-state index is 0.0341. The van der Waals surface area contributed by atoms with Crippen LogP contribution in [-0.4, -0.2) is 17.7 Å². The fourth-order valence-corrected chi connectivity index (χ4v) is 2.98. The molecule has 1 aliphatic rings. The molecule has 19 heavy (non-hydrogen) atoms. The maximum atomic E-state index is 12.1. The van der Waals surface area contributed by atoms with E-state index in [1.165, 1.54) is 12.1 Å². The van der Waals surface area contributed by atoms with E-state index in [9.17, 15) is 18.7 Å². The first-order chi connectivity index (χ1) is 8.96. The molecule has 1 aromatic carbocycles. The number of halogens is 2. The molecule has 2 unspecified atom stereocenters. The van der Waals surface area contributed by atoms with Crippen molar-refractivity contribution in [2.45, 2.75) is 38.2 Å². The SMILES string of the molecule is CC1CCCC1(C(=O)O)c1ccc(OC(F)F)cc1. The minimum Gasteiger partial charge on any atom is -0.481 e. The Bertz CT molecular complexity index is 458. The van der Waals surface area contributed by atoms with Gasteiger partial charge in [-0.2, -0.15) is 8.78 Å². The van der Waals surface area contributed by atoms with Crippen LogP contribution in [0.2, 0.25) is 0 Å². The van der Waals surface area contributed by atoms with Gasteiger partial charge in [-0.15, -0.1) is 0 Å². The third-order valence-electron chi connectivity index (χ3n) is 4.03. The molecule has 2 atom stereocenters. The number of carbonyl (C=O) groups is 1. The molecule has 1 fully saturated rings. The smallest absolute Gasteiger partial charge is 0.387 e. The molecule has 0 bridgehead atoms. The molecule has 2 rings (SSSR count). The quantitative estimate of drug-likeness (QED) is 0.911. The monoisotopic (exact) mass is 270 g/mol. The number of benzene rings is 1. The van der Waals surface area contributed by atoms with Crippen molar-refractivity contribution < 1.29 is 23.4 Å². The summed E-state index contributed by atoms with van der Waals surface area (Å²) in [6, 6.07) is 5.95. The molecule has 0 spiro atoms. The Balaban J connectivity index is 2.31. The molecule has 0 aromatic heterocycles. The van der Waals surface area contributed by atoms with Crippen molar-refractivity contribution in [3.05, 3.63) is 29.8 Å². The molecule has 1 aromatic rings.